The van der Waals surface area contributed by atoms with E-state index in [0.29, 0.717) is 6.61 Å². The van der Waals surface area contributed by atoms with Gasteiger partial charge in [-0.2, -0.15) is 0 Å². The zero-order valence-corrected chi connectivity index (χ0v) is 17.6. The summed E-state index contributed by atoms with van der Waals surface area (Å²) >= 11 is 0. The molecule has 23 heavy (non-hydrogen) atoms. The second kappa shape index (κ2) is 15.4. The van der Waals surface area contributed by atoms with E-state index in [2.05, 4.69) is 39.9 Å². The molecule has 0 atom stereocenters. The monoisotopic (exact) mass is 342 g/mol. The molecule has 0 aliphatic carbocycles. The van der Waals surface area contributed by atoms with Crippen molar-refractivity contribution in [1.29, 1.82) is 0 Å². The van der Waals surface area contributed by atoms with Gasteiger partial charge in [-0.15, -0.1) is 0 Å². The summed E-state index contributed by atoms with van der Waals surface area (Å²) in [5, 5.41) is 0. The van der Waals surface area contributed by atoms with Crippen molar-refractivity contribution < 1.29 is 8.85 Å². The van der Waals surface area contributed by atoms with Crippen molar-refractivity contribution in [3.05, 3.63) is 11.6 Å². The molecule has 0 aromatic rings. The van der Waals surface area contributed by atoms with E-state index in [0.717, 1.165) is 6.61 Å². The minimum atomic E-state index is -1.91. The molecule has 138 valence electrons. The fourth-order valence-corrected chi connectivity index (χ4v) is 3.74. The Morgan fingerprint density at radius 3 is 1.70 bits per heavy atom. The van der Waals surface area contributed by atoms with Crippen molar-refractivity contribution in [2.45, 2.75) is 104 Å². The van der Waals surface area contributed by atoms with E-state index in [-0.39, 0.29) is 0 Å². The normalized spacial score (nSPS) is 11.7. The van der Waals surface area contributed by atoms with Crippen LogP contribution in [0.4, 0.5) is 0 Å². The lowest BCUT2D eigenvalue weighted by atomic mass is 10.1. The van der Waals surface area contributed by atoms with E-state index in [1.165, 1.54) is 76.2 Å². The highest BCUT2D eigenvalue weighted by Gasteiger charge is 2.23. The molecule has 0 fully saturated rings. The van der Waals surface area contributed by atoms with Gasteiger partial charge in [0.15, 0.2) is 0 Å². The van der Waals surface area contributed by atoms with Gasteiger partial charge in [0.1, 0.15) is 0 Å². The highest BCUT2D eigenvalue weighted by Crippen LogP contribution is 2.12. The summed E-state index contributed by atoms with van der Waals surface area (Å²) in [6, 6.07) is 0. The van der Waals surface area contributed by atoms with Crippen LogP contribution in [0.5, 0.6) is 0 Å². The van der Waals surface area contributed by atoms with Gasteiger partial charge in [0.2, 0.25) is 0 Å². The molecule has 0 bridgehead atoms. The van der Waals surface area contributed by atoms with E-state index in [9.17, 15) is 0 Å². The van der Waals surface area contributed by atoms with Crippen molar-refractivity contribution in [3.8, 4) is 0 Å². The highest BCUT2D eigenvalue weighted by molar-refractivity contribution is 6.64. The topological polar surface area (TPSA) is 18.5 Å². The maximum Gasteiger partial charge on any atom is 0.331 e. The van der Waals surface area contributed by atoms with Gasteiger partial charge in [-0.1, -0.05) is 82.8 Å². The quantitative estimate of drug-likeness (QED) is 0.171. The zero-order chi connectivity index (χ0) is 17.4. The maximum atomic E-state index is 5.98. The Morgan fingerprint density at radius 1 is 0.739 bits per heavy atom. The van der Waals surface area contributed by atoms with Crippen molar-refractivity contribution in [2.75, 3.05) is 13.2 Å². The van der Waals surface area contributed by atoms with E-state index < -0.39 is 8.56 Å². The Morgan fingerprint density at radius 2 is 1.22 bits per heavy atom. The summed E-state index contributed by atoms with van der Waals surface area (Å²) in [5.74, 6) is 0. The smallest absolute Gasteiger partial charge is 0.331 e. The third-order valence-corrected chi connectivity index (χ3v) is 5.88. The summed E-state index contributed by atoms with van der Waals surface area (Å²) in [6.45, 7) is 12.3. The molecular formula is C20H42O2Si. The van der Waals surface area contributed by atoms with Crippen molar-refractivity contribution in [1.82, 2.24) is 0 Å². The van der Waals surface area contributed by atoms with E-state index in [1.54, 1.807) is 0 Å². The molecule has 0 aromatic heterocycles. The number of rotatable bonds is 16. The van der Waals surface area contributed by atoms with Crippen molar-refractivity contribution in [2.24, 2.45) is 0 Å². The molecule has 0 rings (SSSR count). The van der Waals surface area contributed by atoms with Gasteiger partial charge in [-0.25, -0.2) is 0 Å². The van der Waals surface area contributed by atoms with Gasteiger partial charge in [-0.3, -0.25) is 0 Å². The number of hydrogen-bond donors (Lipinski definition) is 0. The Labute approximate surface area is 147 Å². The first-order chi connectivity index (χ1) is 11.0. The van der Waals surface area contributed by atoms with Gasteiger partial charge in [0, 0.05) is 6.61 Å². The van der Waals surface area contributed by atoms with Crippen LogP contribution in [0, 0.1) is 0 Å². The van der Waals surface area contributed by atoms with E-state index in [1.807, 2.05) is 0 Å². The predicted molar refractivity (Wildman–Crippen MR) is 105 cm³/mol. The Kier molecular flexibility index (Phi) is 15.3. The van der Waals surface area contributed by atoms with Crippen LogP contribution in [0.3, 0.4) is 0 Å². The van der Waals surface area contributed by atoms with Crippen LogP contribution in [0.1, 0.15) is 91.4 Å². The van der Waals surface area contributed by atoms with Crippen LogP contribution in [0.2, 0.25) is 13.1 Å². The average molecular weight is 343 g/mol. The van der Waals surface area contributed by atoms with Gasteiger partial charge in [-0.05, 0) is 33.4 Å². The second-order valence-corrected chi connectivity index (χ2v) is 10.8. The van der Waals surface area contributed by atoms with Gasteiger partial charge in [0.05, 0.1) is 6.61 Å². The lowest BCUT2D eigenvalue weighted by Gasteiger charge is -2.22. The summed E-state index contributed by atoms with van der Waals surface area (Å²) in [4.78, 5) is 0. The Hall–Kier alpha value is -0.123. The summed E-state index contributed by atoms with van der Waals surface area (Å²) in [7, 11) is -1.91. The largest absolute Gasteiger partial charge is 0.395 e. The third-order valence-electron chi connectivity index (χ3n) is 4.12. The fourth-order valence-electron chi connectivity index (χ4n) is 2.53. The van der Waals surface area contributed by atoms with Crippen LogP contribution in [0.15, 0.2) is 11.6 Å². The second-order valence-electron chi connectivity index (χ2n) is 7.38. The van der Waals surface area contributed by atoms with Gasteiger partial charge >= 0.3 is 8.56 Å². The third kappa shape index (κ3) is 18.1. The molecule has 0 N–H and O–H groups in total. The van der Waals surface area contributed by atoms with Gasteiger partial charge < -0.3 is 8.85 Å². The first kappa shape index (κ1) is 22.9. The molecule has 0 saturated heterocycles. The van der Waals surface area contributed by atoms with Crippen LogP contribution in [-0.4, -0.2) is 21.8 Å². The molecular weight excluding hydrogens is 300 g/mol. The molecule has 0 amide bonds. The van der Waals surface area contributed by atoms with E-state index >= 15 is 0 Å². The lowest BCUT2D eigenvalue weighted by molar-refractivity contribution is 0.190. The van der Waals surface area contributed by atoms with Crippen LogP contribution in [-0.2, 0) is 8.85 Å². The van der Waals surface area contributed by atoms with Crippen LogP contribution >= 0.6 is 0 Å². The number of allylic oxidation sites excluding steroid dienone is 1. The molecule has 0 radical (unpaired) electrons. The summed E-state index contributed by atoms with van der Waals surface area (Å²) in [6.07, 6.45) is 17.3. The average Bonchev–Trinajstić information content (AvgIpc) is 2.47. The molecule has 2 nitrogen and oxygen atoms in total. The molecule has 0 spiro atoms. The van der Waals surface area contributed by atoms with Crippen LogP contribution < -0.4 is 0 Å². The van der Waals surface area contributed by atoms with Crippen molar-refractivity contribution in [3.63, 3.8) is 0 Å². The zero-order valence-electron chi connectivity index (χ0n) is 16.6. The van der Waals surface area contributed by atoms with Crippen LogP contribution in [0.25, 0.3) is 0 Å². The molecule has 0 aromatic carbocycles. The lowest BCUT2D eigenvalue weighted by Crippen LogP contribution is -2.35. The first-order valence-corrected chi connectivity index (χ1v) is 12.7. The molecule has 0 saturated carbocycles. The number of hydrogen-bond acceptors (Lipinski definition) is 2. The fraction of sp³-hybridized carbons (Fsp3) is 0.900. The summed E-state index contributed by atoms with van der Waals surface area (Å²) < 4.78 is 11.9. The highest BCUT2D eigenvalue weighted by atomic mass is 28.4. The maximum absolute atomic E-state index is 5.98. The van der Waals surface area contributed by atoms with E-state index in [4.69, 9.17) is 8.85 Å². The molecule has 0 unspecified atom stereocenters. The van der Waals surface area contributed by atoms with Crippen molar-refractivity contribution >= 4 is 8.56 Å². The molecule has 0 aliphatic rings. The molecule has 3 heteroatoms. The minimum absolute atomic E-state index is 0.694. The minimum Gasteiger partial charge on any atom is -0.395 e. The Balaban J connectivity index is 3.33. The number of unbranched alkanes of at least 4 members (excludes halogenated alkanes) is 10. The SMILES string of the molecule is CCCCCCCCCCCCCO[Si](C)(C)OCC=C(C)C. The molecule has 0 heterocycles. The Bertz CT molecular complexity index is 283. The van der Waals surface area contributed by atoms with Gasteiger partial charge in [0.25, 0.3) is 0 Å². The predicted octanol–water partition coefficient (Wildman–Crippen LogP) is 7.00. The summed E-state index contributed by atoms with van der Waals surface area (Å²) in [5.41, 5.74) is 1.31. The molecule has 0 aliphatic heterocycles. The standard InChI is InChI=1S/C20H42O2Si/c1-6-7-8-9-10-11-12-13-14-15-16-18-21-23(4,5)22-19-17-20(2)3/h17H,6-16,18-19H2,1-5H3. The first-order valence-electron chi connectivity index (χ1n) is 9.89.